The topological polar surface area (TPSA) is 46.5 Å². The molecule has 0 spiro atoms. The predicted molar refractivity (Wildman–Crippen MR) is 47.1 cm³/mol. The number of methoxy groups -OCH3 is 1. The summed E-state index contributed by atoms with van der Waals surface area (Å²) in [5, 5.41) is 9.23. The van der Waals surface area contributed by atoms with Gasteiger partial charge in [-0.25, -0.2) is 0 Å². The van der Waals surface area contributed by atoms with E-state index in [1.54, 1.807) is 6.92 Å². The van der Waals surface area contributed by atoms with Crippen LogP contribution < -0.4 is 0 Å². The Balaban J connectivity index is 0. The van der Waals surface area contributed by atoms with Gasteiger partial charge < -0.3 is 9.84 Å². The molecule has 0 aromatic carbocycles. The number of hydrogen-bond donors (Lipinski definition) is 1. The third-order valence-electron chi connectivity index (χ3n) is 1.58. The fourth-order valence-corrected chi connectivity index (χ4v) is 0.722. The molecule has 0 saturated carbocycles. The smallest absolute Gasteiger partial charge is 0.159 e. The van der Waals surface area contributed by atoms with Crippen LogP contribution in [0.4, 0.5) is 0 Å². The van der Waals surface area contributed by atoms with E-state index in [9.17, 15) is 9.90 Å². The van der Waals surface area contributed by atoms with Gasteiger partial charge >= 0.3 is 0 Å². The summed E-state index contributed by atoms with van der Waals surface area (Å²) in [6.07, 6.45) is 2.10. The Kier molecular flexibility index (Phi) is 9.64. The molecule has 0 aliphatic heterocycles. The molecule has 1 N–H and O–H groups in total. The van der Waals surface area contributed by atoms with Crippen molar-refractivity contribution in [1.82, 2.24) is 0 Å². The van der Waals surface area contributed by atoms with E-state index in [2.05, 4.69) is 0 Å². The van der Waals surface area contributed by atoms with Crippen molar-refractivity contribution < 1.29 is 31.1 Å². The molecule has 0 saturated heterocycles. The number of rotatable bonds is 5. The minimum absolute atomic E-state index is 0. The molecule has 0 heterocycles. The Morgan fingerprint density at radius 1 is 1.62 bits per heavy atom. The zero-order valence-corrected chi connectivity index (χ0v) is 9.14. The Bertz CT molecular complexity index is 178. The van der Waals surface area contributed by atoms with Gasteiger partial charge in [0.25, 0.3) is 0 Å². The normalized spacial score (nSPS) is 13.3. The first-order chi connectivity index (χ1) is 5.61. The molecule has 0 aliphatic rings. The average Bonchev–Trinajstić information content (AvgIpc) is 2.03. The van der Waals surface area contributed by atoms with Gasteiger partial charge in [0.15, 0.2) is 5.78 Å². The summed E-state index contributed by atoms with van der Waals surface area (Å²) in [5.74, 6) is -0.0603. The number of aliphatic hydroxyl groups excluding tert-OH is 1. The maximum absolute atomic E-state index is 11.0. The number of carbonyl (C=O) groups is 1. The molecular formula is C9H16NiO3. The van der Waals surface area contributed by atoms with Crippen LogP contribution in [0.5, 0.6) is 0 Å². The molecule has 4 heteroatoms. The first-order valence-electron chi connectivity index (χ1n) is 4.08. The van der Waals surface area contributed by atoms with Crippen LogP contribution in [0.25, 0.3) is 0 Å². The Morgan fingerprint density at radius 3 is 2.54 bits per heavy atom. The molecule has 0 rings (SSSR count). The minimum atomic E-state index is -0.397. The summed E-state index contributed by atoms with van der Waals surface area (Å²) < 4.78 is 4.82. The van der Waals surface area contributed by atoms with Gasteiger partial charge in [0.1, 0.15) is 11.9 Å². The van der Waals surface area contributed by atoms with Gasteiger partial charge in [0.05, 0.1) is 0 Å². The van der Waals surface area contributed by atoms with Crippen LogP contribution >= 0.6 is 0 Å². The summed E-state index contributed by atoms with van der Waals surface area (Å²) in [6.45, 7) is 3.60. The van der Waals surface area contributed by atoms with E-state index in [-0.39, 0.29) is 28.0 Å². The van der Waals surface area contributed by atoms with E-state index in [1.807, 2.05) is 6.92 Å². The Hall–Kier alpha value is -0.336. The standard InChI is InChI=1S/C9H16O3.Ni/c1-4-5-8(10)6-9(11)7(2)12-3;/h6-7,11H,4-5H2,1-3H3;/b9-6-;. The van der Waals surface area contributed by atoms with Gasteiger partial charge in [-0.05, 0) is 13.3 Å². The van der Waals surface area contributed by atoms with E-state index < -0.39 is 6.10 Å². The molecule has 1 atom stereocenters. The molecule has 0 aliphatic carbocycles. The molecule has 0 amide bonds. The van der Waals surface area contributed by atoms with Crippen molar-refractivity contribution >= 4 is 5.78 Å². The summed E-state index contributed by atoms with van der Waals surface area (Å²) >= 11 is 0. The van der Waals surface area contributed by atoms with Crippen molar-refractivity contribution in [2.24, 2.45) is 0 Å². The minimum Gasteiger partial charge on any atom is -0.509 e. The second kappa shape index (κ2) is 8.27. The fourth-order valence-electron chi connectivity index (χ4n) is 0.722. The molecule has 80 valence electrons. The Labute approximate surface area is 89.1 Å². The summed E-state index contributed by atoms with van der Waals surface area (Å²) in [6, 6.07) is 0. The van der Waals surface area contributed by atoms with Gasteiger partial charge in [-0.15, -0.1) is 0 Å². The van der Waals surface area contributed by atoms with E-state index >= 15 is 0 Å². The molecule has 13 heavy (non-hydrogen) atoms. The molecule has 0 radical (unpaired) electrons. The van der Waals surface area contributed by atoms with E-state index in [1.165, 1.54) is 13.2 Å². The zero-order valence-electron chi connectivity index (χ0n) is 8.15. The molecular weight excluding hydrogens is 215 g/mol. The van der Waals surface area contributed by atoms with Crippen molar-refractivity contribution in [3.8, 4) is 0 Å². The van der Waals surface area contributed by atoms with Crippen LogP contribution in [0.1, 0.15) is 26.7 Å². The first kappa shape index (κ1) is 15.1. The average molecular weight is 231 g/mol. The number of aliphatic hydroxyl groups is 1. The second-order valence-electron chi connectivity index (χ2n) is 2.66. The Morgan fingerprint density at radius 2 is 2.15 bits per heavy atom. The second-order valence-corrected chi connectivity index (χ2v) is 2.66. The summed E-state index contributed by atoms with van der Waals surface area (Å²) in [5.41, 5.74) is 0. The van der Waals surface area contributed by atoms with E-state index in [0.717, 1.165) is 6.42 Å². The molecule has 0 aromatic heterocycles. The van der Waals surface area contributed by atoms with Gasteiger partial charge in [-0.3, -0.25) is 4.79 Å². The molecule has 0 fully saturated rings. The van der Waals surface area contributed by atoms with Crippen molar-refractivity contribution in [2.75, 3.05) is 7.11 Å². The van der Waals surface area contributed by atoms with Gasteiger partial charge in [0, 0.05) is 36.1 Å². The number of ether oxygens (including phenoxy) is 1. The SMILES string of the molecule is CCCC(=O)/C=C(\O)C(C)OC.[Ni]. The summed E-state index contributed by atoms with van der Waals surface area (Å²) in [4.78, 5) is 11.0. The van der Waals surface area contributed by atoms with Gasteiger partial charge in [-0.1, -0.05) is 6.92 Å². The number of allylic oxidation sites excluding steroid dienone is 1. The van der Waals surface area contributed by atoms with E-state index in [4.69, 9.17) is 4.74 Å². The molecule has 3 nitrogen and oxygen atoms in total. The largest absolute Gasteiger partial charge is 0.509 e. The quantitative estimate of drug-likeness (QED) is 0.446. The van der Waals surface area contributed by atoms with Crippen LogP contribution in [-0.2, 0) is 26.0 Å². The number of carbonyl (C=O) groups excluding carboxylic acids is 1. The van der Waals surface area contributed by atoms with E-state index in [0.29, 0.717) is 6.42 Å². The molecule has 0 bridgehead atoms. The molecule has 0 aromatic rings. The van der Waals surface area contributed by atoms with Crippen molar-refractivity contribution in [3.05, 3.63) is 11.8 Å². The van der Waals surface area contributed by atoms with Crippen LogP contribution in [0.2, 0.25) is 0 Å². The fraction of sp³-hybridized carbons (Fsp3) is 0.667. The first-order valence-corrected chi connectivity index (χ1v) is 4.08. The van der Waals surface area contributed by atoms with Gasteiger partial charge in [-0.2, -0.15) is 0 Å². The van der Waals surface area contributed by atoms with Crippen molar-refractivity contribution in [3.63, 3.8) is 0 Å². The van der Waals surface area contributed by atoms with Gasteiger partial charge in [0.2, 0.25) is 0 Å². The van der Waals surface area contributed by atoms with Crippen molar-refractivity contribution in [1.29, 1.82) is 0 Å². The summed E-state index contributed by atoms with van der Waals surface area (Å²) in [7, 11) is 1.49. The number of ketones is 1. The monoisotopic (exact) mass is 230 g/mol. The zero-order chi connectivity index (χ0) is 9.56. The molecule has 1 unspecified atom stereocenters. The van der Waals surface area contributed by atoms with Crippen LogP contribution in [-0.4, -0.2) is 24.1 Å². The maximum atomic E-state index is 11.0. The third-order valence-corrected chi connectivity index (χ3v) is 1.58. The van der Waals surface area contributed by atoms with Crippen LogP contribution in [0.15, 0.2) is 11.8 Å². The van der Waals surface area contributed by atoms with Crippen LogP contribution in [0, 0.1) is 0 Å². The van der Waals surface area contributed by atoms with Crippen molar-refractivity contribution in [2.45, 2.75) is 32.8 Å². The maximum Gasteiger partial charge on any atom is 0.159 e. The van der Waals surface area contributed by atoms with Crippen LogP contribution in [0.3, 0.4) is 0 Å². The predicted octanol–water partition coefficient (Wildman–Crippen LogP) is 1.83. The number of hydrogen-bond acceptors (Lipinski definition) is 3. The third kappa shape index (κ3) is 6.79.